The van der Waals surface area contributed by atoms with Gasteiger partial charge in [0.15, 0.2) is 0 Å². The molecule has 1 heterocycles. The van der Waals surface area contributed by atoms with Gasteiger partial charge in [-0.2, -0.15) is 0 Å². The van der Waals surface area contributed by atoms with Gasteiger partial charge in [0.2, 0.25) is 11.8 Å². The van der Waals surface area contributed by atoms with Crippen molar-refractivity contribution in [1.29, 1.82) is 0 Å². The first-order valence-corrected chi connectivity index (χ1v) is 6.90. The molecule has 0 radical (unpaired) electrons. The highest BCUT2D eigenvalue weighted by molar-refractivity contribution is 5.96. The maximum Gasteiger partial charge on any atom is 0.246 e. The molecule has 1 aliphatic rings. The molecule has 1 aromatic carbocycles. The van der Waals surface area contributed by atoms with Crippen molar-refractivity contribution in [3.63, 3.8) is 0 Å². The van der Waals surface area contributed by atoms with Crippen LogP contribution >= 0.6 is 0 Å². The third-order valence-electron chi connectivity index (χ3n) is 3.65. The number of benzene rings is 1. The van der Waals surface area contributed by atoms with Crippen LogP contribution in [-0.4, -0.2) is 37.4 Å². The number of carbonyl (C=O) groups excluding carboxylic acids is 2. The minimum atomic E-state index is -0.122. The molecule has 0 atom stereocenters. The van der Waals surface area contributed by atoms with E-state index in [2.05, 4.69) is 0 Å². The molecule has 21 heavy (non-hydrogen) atoms. The first-order valence-electron chi connectivity index (χ1n) is 6.90. The quantitative estimate of drug-likeness (QED) is 0.853. The molecule has 0 N–H and O–H groups in total. The minimum Gasteiger partial charge on any atom is -0.497 e. The number of nitrogens with zero attached hydrogens (tertiary/aromatic N) is 2. The number of rotatable bonds is 4. The van der Waals surface area contributed by atoms with Crippen LogP contribution in [0.2, 0.25) is 0 Å². The number of amides is 2. The summed E-state index contributed by atoms with van der Waals surface area (Å²) in [4.78, 5) is 27.3. The summed E-state index contributed by atoms with van der Waals surface area (Å²) >= 11 is 0. The largest absolute Gasteiger partial charge is 0.497 e. The van der Waals surface area contributed by atoms with E-state index in [1.54, 1.807) is 36.1 Å². The fraction of sp³-hybridized carbons (Fsp3) is 0.375. The summed E-state index contributed by atoms with van der Waals surface area (Å²) in [5.41, 5.74) is 1.62. The fourth-order valence-corrected chi connectivity index (χ4v) is 2.25. The Morgan fingerprint density at radius 3 is 2.57 bits per heavy atom. The van der Waals surface area contributed by atoms with Gasteiger partial charge in [-0.25, -0.2) is 0 Å². The number of hydrogen-bond acceptors (Lipinski definition) is 3. The molecule has 1 aromatic rings. The van der Waals surface area contributed by atoms with Gasteiger partial charge in [-0.05, 0) is 37.6 Å². The Morgan fingerprint density at radius 2 is 2.00 bits per heavy atom. The monoisotopic (exact) mass is 288 g/mol. The van der Waals surface area contributed by atoms with Gasteiger partial charge in [0.05, 0.1) is 7.11 Å². The molecule has 2 rings (SSSR count). The Hall–Kier alpha value is -2.30. The first-order chi connectivity index (χ1) is 10.0. The van der Waals surface area contributed by atoms with Crippen LogP contribution in [0.5, 0.6) is 5.75 Å². The summed E-state index contributed by atoms with van der Waals surface area (Å²) in [7, 11) is 3.30. The van der Waals surface area contributed by atoms with Crippen molar-refractivity contribution in [1.82, 2.24) is 4.90 Å². The Labute approximate surface area is 124 Å². The Bertz CT molecular complexity index is 563. The van der Waals surface area contributed by atoms with Gasteiger partial charge in [0.25, 0.3) is 0 Å². The van der Waals surface area contributed by atoms with E-state index in [1.807, 2.05) is 25.1 Å². The topological polar surface area (TPSA) is 49.9 Å². The summed E-state index contributed by atoms with van der Waals surface area (Å²) < 4.78 is 5.10. The Kier molecular flexibility index (Phi) is 4.62. The van der Waals surface area contributed by atoms with E-state index in [0.29, 0.717) is 6.42 Å². The van der Waals surface area contributed by atoms with Crippen LogP contribution in [-0.2, 0) is 9.59 Å². The van der Waals surface area contributed by atoms with Crippen LogP contribution in [0.1, 0.15) is 19.8 Å². The fourth-order valence-electron chi connectivity index (χ4n) is 2.25. The van der Waals surface area contributed by atoms with E-state index >= 15 is 0 Å². The molecule has 0 saturated heterocycles. The highest BCUT2D eigenvalue weighted by Gasteiger charge is 2.23. The lowest BCUT2D eigenvalue weighted by Crippen LogP contribution is -2.41. The third kappa shape index (κ3) is 3.42. The molecule has 0 spiro atoms. The Morgan fingerprint density at radius 1 is 1.33 bits per heavy atom. The summed E-state index contributed by atoms with van der Waals surface area (Å²) in [6, 6.07) is 7.24. The molecule has 0 fully saturated rings. The average Bonchev–Trinajstić information content (AvgIpc) is 2.50. The zero-order valence-corrected chi connectivity index (χ0v) is 12.6. The zero-order chi connectivity index (χ0) is 15.4. The van der Waals surface area contributed by atoms with Crippen LogP contribution in [0.25, 0.3) is 0 Å². The number of carbonyl (C=O) groups is 2. The van der Waals surface area contributed by atoms with Crippen molar-refractivity contribution < 1.29 is 14.3 Å². The van der Waals surface area contributed by atoms with E-state index in [4.69, 9.17) is 4.74 Å². The molecule has 0 aromatic heterocycles. The SMILES string of the molecule is COc1ccc(N(C)C(=O)CN2C(=O)CCC=C2C)cc1. The van der Waals surface area contributed by atoms with Gasteiger partial charge in [-0.15, -0.1) is 0 Å². The van der Waals surface area contributed by atoms with E-state index < -0.39 is 0 Å². The smallest absolute Gasteiger partial charge is 0.246 e. The van der Waals surface area contributed by atoms with E-state index in [9.17, 15) is 9.59 Å². The second-order valence-electron chi connectivity index (χ2n) is 5.01. The van der Waals surface area contributed by atoms with Gasteiger partial charge in [-0.1, -0.05) is 6.08 Å². The number of likely N-dealkylation sites (N-methyl/N-ethyl adjacent to an activating group) is 1. The van der Waals surface area contributed by atoms with Crippen LogP contribution in [0.3, 0.4) is 0 Å². The lowest BCUT2D eigenvalue weighted by Gasteiger charge is -2.28. The van der Waals surface area contributed by atoms with Gasteiger partial charge in [0.1, 0.15) is 12.3 Å². The van der Waals surface area contributed by atoms with Gasteiger partial charge >= 0.3 is 0 Å². The van der Waals surface area contributed by atoms with Crippen LogP contribution in [0, 0.1) is 0 Å². The molecular formula is C16H20N2O3. The average molecular weight is 288 g/mol. The highest BCUT2D eigenvalue weighted by atomic mass is 16.5. The van der Waals surface area contributed by atoms with E-state index in [0.717, 1.165) is 23.6 Å². The molecule has 0 bridgehead atoms. The highest BCUT2D eigenvalue weighted by Crippen LogP contribution is 2.20. The van der Waals surface area contributed by atoms with Gasteiger partial charge in [0, 0.05) is 24.9 Å². The van der Waals surface area contributed by atoms with Crippen molar-refractivity contribution in [2.45, 2.75) is 19.8 Å². The standard InChI is InChI=1S/C16H20N2O3/c1-12-5-4-6-15(19)18(12)11-16(20)17(2)13-7-9-14(21-3)10-8-13/h5,7-10H,4,6,11H2,1-3H3. The first kappa shape index (κ1) is 15.1. The molecule has 2 amide bonds. The minimum absolute atomic E-state index is 0.00600. The Balaban J connectivity index is 2.06. The molecule has 0 unspecified atom stereocenters. The van der Waals surface area contributed by atoms with Crippen molar-refractivity contribution in [2.24, 2.45) is 0 Å². The van der Waals surface area contributed by atoms with Gasteiger partial charge in [-0.3, -0.25) is 9.59 Å². The number of ether oxygens (including phenoxy) is 1. The van der Waals surface area contributed by atoms with Crippen LogP contribution in [0.4, 0.5) is 5.69 Å². The van der Waals surface area contributed by atoms with Crippen molar-refractivity contribution >= 4 is 17.5 Å². The molecule has 5 heteroatoms. The normalized spacial score (nSPS) is 14.7. The second kappa shape index (κ2) is 6.43. The summed E-state index contributed by atoms with van der Waals surface area (Å²) in [5.74, 6) is 0.624. The molecule has 0 aliphatic carbocycles. The van der Waals surface area contributed by atoms with Crippen LogP contribution in [0.15, 0.2) is 36.0 Å². The molecule has 0 saturated carbocycles. The molecule has 112 valence electrons. The van der Waals surface area contributed by atoms with E-state index in [-0.39, 0.29) is 18.4 Å². The second-order valence-corrected chi connectivity index (χ2v) is 5.01. The van der Waals surface area contributed by atoms with Crippen LogP contribution < -0.4 is 9.64 Å². The summed E-state index contributed by atoms with van der Waals surface area (Å²) in [5, 5.41) is 0. The van der Waals surface area contributed by atoms with Gasteiger partial charge < -0.3 is 14.5 Å². The molecular weight excluding hydrogens is 268 g/mol. The number of allylic oxidation sites excluding steroid dienone is 2. The third-order valence-corrected chi connectivity index (χ3v) is 3.65. The zero-order valence-electron chi connectivity index (χ0n) is 12.6. The predicted molar refractivity (Wildman–Crippen MR) is 81.1 cm³/mol. The van der Waals surface area contributed by atoms with Crippen molar-refractivity contribution in [2.75, 3.05) is 25.6 Å². The lowest BCUT2D eigenvalue weighted by atomic mass is 10.1. The summed E-state index contributed by atoms with van der Waals surface area (Å²) in [6.07, 6.45) is 3.21. The maximum absolute atomic E-state index is 12.3. The number of hydrogen-bond donors (Lipinski definition) is 0. The summed E-state index contributed by atoms with van der Waals surface area (Å²) in [6.45, 7) is 1.93. The van der Waals surface area contributed by atoms with E-state index in [1.165, 1.54) is 0 Å². The van der Waals surface area contributed by atoms with Crippen molar-refractivity contribution in [3.8, 4) is 5.75 Å². The maximum atomic E-state index is 12.3. The predicted octanol–water partition coefficient (Wildman–Crippen LogP) is 2.18. The molecule has 5 nitrogen and oxygen atoms in total. The van der Waals surface area contributed by atoms with Crippen molar-refractivity contribution in [3.05, 3.63) is 36.0 Å². The number of methoxy groups -OCH3 is 1. The lowest BCUT2D eigenvalue weighted by molar-refractivity contribution is -0.133. The molecule has 1 aliphatic heterocycles. The number of anilines is 1.